The van der Waals surface area contributed by atoms with Gasteiger partial charge in [0.2, 0.25) is 5.91 Å². The van der Waals surface area contributed by atoms with Gasteiger partial charge in [0.25, 0.3) is 0 Å². The Balaban J connectivity index is 1.90. The molecule has 0 spiro atoms. The van der Waals surface area contributed by atoms with Crippen LogP contribution in [-0.4, -0.2) is 42.6 Å². The zero-order valence-electron chi connectivity index (χ0n) is 13.0. The molecule has 0 aromatic heterocycles. The predicted octanol–water partition coefficient (Wildman–Crippen LogP) is 2.17. The molecule has 4 heteroatoms. The molecule has 4 unspecified atom stereocenters. The molecule has 20 heavy (non-hydrogen) atoms. The topological polar surface area (TPSA) is 55.6 Å². The van der Waals surface area contributed by atoms with Crippen molar-refractivity contribution in [1.29, 1.82) is 0 Å². The van der Waals surface area contributed by atoms with Crippen LogP contribution in [0.25, 0.3) is 0 Å². The van der Waals surface area contributed by atoms with E-state index in [2.05, 4.69) is 13.8 Å². The molecule has 0 aromatic rings. The van der Waals surface area contributed by atoms with Gasteiger partial charge in [0.05, 0.1) is 12.0 Å². The van der Waals surface area contributed by atoms with E-state index in [9.17, 15) is 4.79 Å². The smallest absolute Gasteiger partial charge is 0.227 e. The van der Waals surface area contributed by atoms with Crippen LogP contribution < -0.4 is 5.73 Å². The van der Waals surface area contributed by atoms with Crippen LogP contribution in [0.5, 0.6) is 0 Å². The van der Waals surface area contributed by atoms with Crippen molar-refractivity contribution in [1.82, 2.24) is 4.90 Å². The Bertz CT molecular complexity index is 322. The lowest BCUT2D eigenvalue weighted by Gasteiger charge is -2.38. The second-order valence-electron chi connectivity index (χ2n) is 6.61. The highest BCUT2D eigenvalue weighted by Crippen LogP contribution is 2.30. The van der Waals surface area contributed by atoms with Gasteiger partial charge in [-0.15, -0.1) is 0 Å². The lowest BCUT2D eigenvalue weighted by molar-refractivity contribution is -0.141. The number of hydrogen-bond acceptors (Lipinski definition) is 3. The van der Waals surface area contributed by atoms with Gasteiger partial charge in [0, 0.05) is 25.7 Å². The lowest BCUT2D eigenvalue weighted by Crippen LogP contribution is -2.51. The summed E-state index contributed by atoms with van der Waals surface area (Å²) in [6.45, 7) is 6.79. The first-order valence-corrected chi connectivity index (χ1v) is 8.27. The van der Waals surface area contributed by atoms with Gasteiger partial charge in [-0.1, -0.05) is 13.8 Å². The Morgan fingerprint density at radius 2 is 2.15 bits per heavy atom. The maximum atomic E-state index is 12.7. The van der Waals surface area contributed by atoms with Crippen molar-refractivity contribution >= 4 is 5.91 Å². The van der Waals surface area contributed by atoms with Crippen molar-refractivity contribution in [3.63, 3.8) is 0 Å². The van der Waals surface area contributed by atoms with E-state index in [4.69, 9.17) is 10.5 Å². The largest absolute Gasteiger partial charge is 0.376 e. The van der Waals surface area contributed by atoms with Crippen molar-refractivity contribution < 1.29 is 9.53 Å². The van der Waals surface area contributed by atoms with Gasteiger partial charge < -0.3 is 15.4 Å². The molecule has 1 saturated heterocycles. The first-order valence-electron chi connectivity index (χ1n) is 8.27. The van der Waals surface area contributed by atoms with Crippen LogP contribution in [-0.2, 0) is 9.53 Å². The number of hydrogen-bond donors (Lipinski definition) is 1. The zero-order chi connectivity index (χ0) is 14.5. The first-order chi connectivity index (χ1) is 9.61. The van der Waals surface area contributed by atoms with Crippen LogP contribution in [0.1, 0.15) is 52.4 Å². The summed E-state index contributed by atoms with van der Waals surface area (Å²) in [5.41, 5.74) is 6.18. The second kappa shape index (κ2) is 7.41. The highest BCUT2D eigenvalue weighted by atomic mass is 16.5. The SMILES string of the molecule is CCCOC1CCCN(C(=O)C2CC(C)CCC2N)C1. The molecule has 1 heterocycles. The number of amides is 1. The summed E-state index contributed by atoms with van der Waals surface area (Å²) in [7, 11) is 0. The molecule has 4 nitrogen and oxygen atoms in total. The van der Waals surface area contributed by atoms with E-state index in [0.29, 0.717) is 5.92 Å². The summed E-state index contributed by atoms with van der Waals surface area (Å²) >= 11 is 0. The molecule has 1 saturated carbocycles. The molecular formula is C16H30N2O2. The first kappa shape index (κ1) is 15.8. The fourth-order valence-corrected chi connectivity index (χ4v) is 3.48. The number of piperidine rings is 1. The van der Waals surface area contributed by atoms with E-state index in [1.54, 1.807) is 0 Å². The van der Waals surface area contributed by atoms with Gasteiger partial charge in [-0.05, 0) is 44.4 Å². The number of nitrogens with zero attached hydrogens (tertiary/aromatic N) is 1. The highest BCUT2D eigenvalue weighted by molar-refractivity contribution is 5.79. The van der Waals surface area contributed by atoms with Gasteiger partial charge in [-0.3, -0.25) is 4.79 Å². The standard InChI is InChI=1S/C16H30N2O2/c1-3-9-20-13-5-4-8-18(11-13)16(19)14-10-12(2)6-7-15(14)17/h12-15H,3-11,17H2,1-2H3. The maximum absolute atomic E-state index is 12.7. The van der Waals surface area contributed by atoms with Gasteiger partial charge in [-0.2, -0.15) is 0 Å². The van der Waals surface area contributed by atoms with Gasteiger partial charge in [0.15, 0.2) is 0 Å². The predicted molar refractivity (Wildman–Crippen MR) is 80.3 cm³/mol. The molecular weight excluding hydrogens is 252 g/mol. The molecule has 2 rings (SSSR count). The molecule has 0 bridgehead atoms. The van der Waals surface area contributed by atoms with Crippen LogP contribution in [0.2, 0.25) is 0 Å². The molecule has 1 aliphatic heterocycles. The molecule has 1 amide bonds. The quantitative estimate of drug-likeness (QED) is 0.859. The van der Waals surface area contributed by atoms with E-state index in [1.807, 2.05) is 4.90 Å². The average Bonchev–Trinajstić information content (AvgIpc) is 2.47. The van der Waals surface area contributed by atoms with Gasteiger partial charge >= 0.3 is 0 Å². The number of ether oxygens (including phenoxy) is 1. The van der Waals surface area contributed by atoms with Crippen LogP contribution in [0.15, 0.2) is 0 Å². The summed E-state index contributed by atoms with van der Waals surface area (Å²) in [6, 6.07) is 0.0515. The van der Waals surface area contributed by atoms with E-state index in [-0.39, 0.29) is 24.0 Å². The Morgan fingerprint density at radius 1 is 1.35 bits per heavy atom. The Morgan fingerprint density at radius 3 is 2.90 bits per heavy atom. The maximum Gasteiger partial charge on any atom is 0.227 e. The van der Waals surface area contributed by atoms with Crippen molar-refractivity contribution in [2.24, 2.45) is 17.6 Å². The molecule has 0 radical (unpaired) electrons. The van der Waals surface area contributed by atoms with E-state index in [1.165, 1.54) is 0 Å². The van der Waals surface area contributed by atoms with Crippen molar-refractivity contribution in [3.8, 4) is 0 Å². The second-order valence-corrected chi connectivity index (χ2v) is 6.61. The third-order valence-corrected chi connectivity index (χ3v) is 4.73. The van der Waals surface area contributed by atoms with E-state index >= 15 is 0 Å². The fourth-order valence-electron chi connectivity index (χ4n) is 3.48. The minimum Gasteiger partial charge on any atom is -0.376 e. The van der Waals surface area contributed by atoms with Crippen molar-refractivity contribution in [2.45, 2.75) is 64.5 Å². The molecule has 0 aromatic carbocycles. The van der Waals surface area contributed by atoms with Crippen LogP contribution in [0.4, 0.5) is 0 Å². The molecule has 4 atom stereocenters. The van der Waals surface area contributed by atoms with E-state index in [0.717, 1.165) is 58.2 Å². The van der Waals surface area contributed by atoms with Crippen molar-refractivity contribution in [2.75, 3.05) is 19.7 Å². The summed E-state index contributed by atoms with van der Waals surface area (Å²) in [5.74, 6) is 0.929. The number of carbonyl (C=O) groups is 1. The fraction of sp³-hybridized carbons (Fsp3) is 0.938. The lowest BCUT2D eigenvalue weighted by atomic mass is 9.78. The summed E-state index contributed by atoms with van der Waals surface area (Å²) in [4.78, 5) is 14.7. The van der Waals surface area contributed by atoms with Crippen molar-refractivity contribution in [3.05, 3.63) is 0 Å². The Labute approximate surface area is 123 Å². The molecule has 1 aliphatic carbocycles. The molecule has 2 aliphatic rings. The summed E-state index contributed by atoms with van der Waals surface area (Å²) < 4.78 is 5.82. The normalized spacial score (nSPS) is 35.0. The van der Waals surface area contributed by atoms with Crippen LogP contribution in [0.3, 0.4) is 0 Å². The van der Waals surface area contributed by atoms with Gasteiger partial charge in [0.1, 0.15) is 0 Å². The molecule has 116 valence electrons. The van der Waals surface area contributed by atoms with Crippen LogP contribution >= 0.6 is 0 Å². The molecule has 2 N–H and O–H groups in total. The minimum atomic E-state index is 0.0312. The van der Waals surface area contributed by atoms with Crippen LogP contribution in [0, 0.1) is 11.8 Å². The Kier molecular flexibility index (Phi) is 5.85. The zero-order valence-corrected chi connectivity index (χ0v) is 13.0. The Hall–Kier alpha value is -0.610. The van der Waals surface area contributed by atoms with Gasteiger partial charge in [-0.25, -0.2) is 0 Å². The number of rotatable bonds is 4. The average molecular weight is 282 g/mol. The number of nitrogens with two attached hydrogens (primary N) is 1. The number of likely N-dealkylation sites (tertiary alicyclic amines) is 1. The highest BCUT2D eigenvalue weighted by Gasteiger charge is 2.35. The summed E-state index contributed by atoms with van der Waals surface area (Å²) in [6.07, 6.45) is 6.50. The molecule has 2 fully saturated rings. The van der Waals surface area contributed by atoms with E-state index < -0.39 is 0 Å². The third-order valence-electron chi connectivity index (χ3n) is 4.73. The summed E-state index contributed by atoms with van der Waals surface area (Å²) in [5, 5.41) is 0. The number of carbonyl (C=O) groups excluding carboxylic acids is 1. The monoisotopic (exact) mass is 282 g/mol. The third kappa shape index (κ3) is 3.95. The minimum absolute atomic E-state index is 0.0312.